The summed E-state index contributed by atoms with van der Waals surface area (Å²) in [5.74, 6) is 0.418. The number of halogens is 1. The van der Waals surface area contributed by atoms with Crippen LogP contribution >= 0.6 is 0 Å². The number of aliphatic hydroxyl groups is 1. The first-order valence-electron chi connectivity index (χ1n) is 5.07. The zero-order chi connectivity index (χ0) is 11.7. The van der Waals surface area contributed by atoms with Gasteiger partial charge in [0.15, 0.2) is 0 Å². The van der Waals surface area contributed by atoms with E-state index in [0.717, 1.165) is 11.5 Å². The third kappa shape index (κ3) is 1.74. The molecule has 86 valence electrons. The third-order valence-corrected chi connectivity index (χ3v) is 2.41. The van der Waals surface area contributed by atoms with Gasteiger partial charge in [-0.05, 0) is 12.1 Å². The Morgan fingerprint density at radius 1 is 1.44 bits per heavy atom. The van der Waals surface area contributed by atoms with Crippen LogP contribution in [-0.4, -0.2) is 35.4 Å². The van der Waals surface area contributed by atoms with Gasteiger partial charge in [0.05, 0.1) is 17.6 Å². The lowest BCUT2D eigenvalue weighted by Gasteiger charge is -2.13. The third-order valence-electron chi connectivity index (χ3n) is 2.41. The van der Waals surface area contributed by atoms with Gasteiger partial charge in [0.25, 0.3) is 0 Å². The van der Waals surface area contributed by atoms with Gasteiger partial charge in [-0.15, -0.1) is 0 Å². The van der Waals surface area contributed by atoms with E-state index < -0.39 is 0 Å². The van der Waals surface area contributed by atoms with E-state index in [1.807, 2.05) is 23.6 Å². The van der Waals surface area contributed by atoms with Gasteiger partial charge in [-0.2, -0.15) is 0 Å². The van der Waals surface area contributed by atoms with Crippen LogP contribution in [0.25, 0.3) is 11.0 Å². The molecule has 1 heterocycles. The number of fused-ring (bicyclic) bond motifs is 1. The number of nitrogens with zero attached hydrogens (tertiary/aromatic N) is 3. The van der Waals surface area contributed by atoms with Gasteiger partial charge >= 0.3 is 0 Å². The highest BCUT2D eigenvalue weighted by Gasteiger charge is 2.12. The van der Waals surface area contributed by atoms with Crippen molar-refractivity contribution in [3.05, 3.63) is 24.0 Å². The fourth-order valence-corrected chi connectivity index (χ4v) is 1.75. The topological polar surface area (TPSA) is 41.3 Å². The summed E-state index contributed by atoms with van der Waals surface area (Å²) in [4.78, 5) is 6.17. The van der Waals surface area contributed by atoms with Crippen molar-refractivity contribution in [1.82, 2.24) is 9.55 Å². The van der Waals surface area contributed by atoms with Crippen LogP contribution in [0.1, 0.15) is 0 Å². The van der Waals surface area contributed by atoms with Crippen molar-refractivity contribution in [3.63, 3.8) is 0 Å². The molecule has 0 aliphatic carbocycles. The molecule has 2 aromatic rings. The summed E-state index contributed by atoms with van der Waals surface area (Å²) in [7, 11) is 3.73. The second-order valence-electron chi connectivity index (χ2n) is 3.81. The number of hydrogen-bond acceptors (Lipinski definition) is 3. The Balaban J connectivity index is 2.65. The monoisotopic (exact) mass is 223 g/mol. The summed E-state index contributed by atoms with van der Waals surface area (Å²) in [5, 5.41) is 9.02. The molecule has 0 fully saturated rings. The van der Waals surface area contributed by atoms with Crippen molar-refractivity contribution >= 4 is 17.0 Å². The second kappa shape index (κ2) is 4.09. The van der Waals surface area contributed by atoms with Crippen LogP contribution in [0.5, 0.6) is 0 Å². The van der Waals surface area contributed by atoms with Crippen molar-refractivity contribution in [2.75, 3.05) is 25.6 Å². The summed E-state index contributed by atoms with van der Waals surface area (Å²) >= 11 is 0. The molecule has 1 N–H and O–H groups in total. The lowest BCUT2D eigenvalue weighted by molar-refractivity contribution is 0.278. The number of aromatic nitrogens is 2. The number of aliphatic hydroxyl groups excluding tert-OH is 1. The standard InChI is InChI=1S/C11H14FN3O/c1-14(2)11-13-9-7-8(12)3-4-10(9)15(11)5-6-16/h3-4,7,16H,5-6H2,1-2H3. The summed E-state index contributed by atoms with van der Waals surface area (Å²) in [5.41, 5.74) is 1.44. The molecule has 0 spiro atoms. The van der Waals surface area contributed by atoms with Gasteiger partial charge in [-0.1, -0.05) is 0 Å². The van der Waals surface area contributed by atoms with Gasteiger partial charge in [-0.25, -0.2) is 9.37 Å². The molecule has 0 bridgehead atoms. The van der Waals surface area contributed by atoms with Crippen LogP contribution in [0.2, 0.25) is 0 Å². The van der Waals surface area contributed by atoms with Crippen LogP contribution in [-0.2, 0) is 6.54 Å². The minimum Gasteiger partial charge on any atom is -0.395 e. The van der Waals surface area contributed by atoms with Gasteiger partial charge in [0.2, 0.25) is 5.95 Å². The highest BCUT2D eigenvalue weighted by atomic mass is 19.1. The maximum Gasteiger partial charge on any atom is 0.206 e. The highest BCUT2D eigenvalue weighted by Crippen LogP contribution is 2.21. The number of rotatable bonds is 3. The van der Waals surface area contributed by atoms with Crippen LogP contribution in [0.3, 0.4) is 0 Å². The molecule has 0 aliphatic rings. The van der Waals surface area contributed by atoms with Gasteiger partial charge in [0, 0.05) is 26.7 Å². The molecule has 5 heteroatoms. The van der Waals surface area contributed by atoms with Crippen LogP contribution in [0.15, 0.2) is 18.2 Å². The maximum atomic E-state index is 13.1. The molecule has 4 nitrogen and oxygen atoms in total. The Labute approximate surface area is 92.9 Å². The first-order chi connectivity index (χ1) is 7.63. The number of benzene rings is 1. The van der Waals surface area contributed by atoms with Crippen LogP contribution < -0.4 is 4.90 Å². The average Bonchev–Trinajstić information content (AvgIpc) is 2.57. The van der Waals surface area contributed by atoms with Gasteiger partial charge in [0.1, 0.15) is 5.82 Å². The van der Waals surface area contributed by atoms with E-state index in [0.29, 0.717) is 12.1 Å². The Bertz CT molecular complexity index is 507. The van der Waals surface area contributed by atoms with Crippen molar-refractivity contribution in [2.24, 2.45) is 0 Å². The molecule has 0 unspecified atom stereocenters. The number of anilines is 1. The van der Waals surface area contributed by atoms with Crippen molar-refractivity contribution in [1.29, 1.82) is 0 Å². The molecular weight excluding hydrogens is 209 g/mol. The van der Waals surface area contributed by atoms with Crippen molar-refractivity contribution in [2.45, 2.75) is 6.54 Å². The zero-order valence-electron chi connectivity index (χ0n) is 9.31. The lowest BCUT2D eigenvalue weighted by atomic mass is 10.3. The fourth-order valence-electron chi connectivity index (χ4n) is 1.75. The Kier molecular flexibility index (Phi) is 2.78. The normalized spacial score (nSPS) is 11.0. The molecule has 2 rings (SSSR count). The van der Waals surface area contributed by atoms with Crippen LogP contribution in [0.4, 0.5) is 10.3 Å². The first-order valence-corrected chi connectivity index (χ1v) is 5.07. The summed E-state index contributed by atoms with van der Waals surface area (Å²) in [6.45, 7) is 0.485. The molecule has 1 aromatic heterocycles. The maximum absolute atomic E-state index is 13.1. The highest BCUT2D eigenvalue weighted by molar-refractivity contribution is 5.78. The largest absolute Gasteiger partial charge is 0.395 e. The van der Waals surface area contributed by atoms with E-state index in [1.165, 1.54) is 12.1 Å². The molecule has 0 atom stereocenters. The molecular formula is C11H14FN3O. The van der Waals surface area contributed by atoms with Gasteiger partial charge in [-0.3, -0.25) is 0 Å². The van der Waals surface area contributed by atoms with E-state index in [-0.39, 0.29) is 12.4 Å². The predicted molar refractivity (Wildman–Crippen MR) is 61.1 cm³/mol. The molecule has 16 heavy (non-hydrogen) atoms. The van der Waals surface area contributed by atoms with Gasteiger partial charge < -0.3 is 14.6 Å². The Hall–Kier alpha value is -1.62. The SMILES string of the molecule is CN(C)c1nc2cc(F)ccc2n1CCO. The second-order valence-corrected chi connectivity index (χ2v) is 3.81. The van der Waals surface area contributed by atoms with Crippen LogP contribution in [0, 0.1) is 5.82 Å². The van der Waals surface area contributed by atoms with E-state index >= 15 is 0 Å². The first kappa shape index (κ1) is 10.9. The molecule has 1 aromatic carbocycles. The minimum atomic E-state index is -0.300. The molecule has 0 aliphatic heterocycles. The Morgan fingerprint density at radius 3 is 2.81 bits per heavy atom. The number of hydrogen-bond donors (Lipinski definition) is 1. The van der Waals surface area contributed by atoms with E-state index in [9.17, 15) is 4.39 Å². The van der Waals surface area contributed by atoms with E-state index in [1.54, 1.807) is 6.07 Å². The van der Waals surface area contributed by atoms with E-state index in [2.05, 4.69) is 4.98 Å². The average molecular weight is 223 g/mol. The van der Waals surface area contributed by atoms with E-state index in [4.69, 9.17) is 5.11 Å². The molecule has 0 amide bonds. The molecule has 0 saturated carbocycles. The summed E-state index contributed by atoms with van der Waals surface area (Å²) in [6.07, 6.45) is 0. The predicted octanol–water partition coefficient (Wildman–Crippen LogP) is 1.23. The summed E-state index contributed by atoms with van der Waals surface area (Å²) in [6, 6.07) is 4.48. The molecule has 0 saturated heterocycles. The zero-order valence-corrected chi connectivity index (χ0v) is 9.31. The van der Waals surface area contributed by atoms with Crippen molar-refractivity contribution < 1.29 is 9.50 Å². The Morgan fingerprint density at radius 2 is 2.19 bits per heavy atom. The lowest BCUT2D eigenvalue weighted by Crippen LogP contribution is -2.16. The smallest absolute Gasteiger partial charge is 0.206 e. The fraction of sp³-hybridized carbons (Fsp3) is 0.364. The number of imidazole rings is 1. The minimum absolute atomic E-state index is 0.0314. The quantitative estimate of drug-likeness (QED) is 0.851. The van der Waals surface area contributed by atoms with Crippen molar-refractivity contribution in [3.8, 4) is 0 Å². The molecule has 0 radical (unpaired) electrons. The summed E-state index contributed by atoms with van der Waals surface area (Å²) < 4.78 is 14.9.